The summed E-state index contributed by atoms with van der Waals surface area (Å²) in [4.78, 5) is 20.1. The summed E-state index contributed by atoms with van der Waals surface area (Å²) in [6, 6.07) is 0. The van der Waals surface area contributed by atoms with E-state index >= 15 is 0 Å². The lowest BCUT2D eigenvalue weighted by molar-refractivity contribution is -0.147. The highest BCUT2D eigenvalue weighted by molar-refractivity contribution is 5.78. The Balaban J connectivity index is 3.28. The van der Waals surface area contributed by atoms with E-state index in [0.29, 0.717) is 0 Å². The molecule has 0 bridgehead atoms. The lowest BCUT2D eigenvalue weighted by Crippen LogP contribution is -2.12. The molecule has 4 nitrogen and oxygen atoms in total. The summed E-state index contributed by atoms with van der Waals surface area (Å²) in [7, 11) is 0. The van der Waals surface area contributed by atoms with E-state index in [9.17, 15) is 9.59 Å². The van der Waals surface area contributed by atoms with Crippen molar-refractivity contribution in [1.82, 2.24) is 5.73 Å². The third-order valence-corrected chi connectivity index (χ3v) is 0.653. The first-order valence-electron chi connectivity index (χ1n) is 2.57. The van der Waals surface area contributed by atoms with E-state index in [-0.39, 0.29) is 6.42 Å². The summed E-state index contributed by atoms with van der Waals surface area (Å²) >= 11 is 0. The maximum absolute atomic E-state index is 10.3. The number of amides is 1. The molecule has 0 aliphatic rings. The number of esters is 1. The van der Waals surface area contributed by atoms with Gasteiger partial charge in [-0.15, -0.1) is 0 Å². The molecule has 0 aliphatic carbocycles. The van der Waals surface area contributed by atoms with Gasteiger partial charge in [0.15, 0.2) is 6.61 Å². The second-order valence-corrected chi connectivity index (χ2v) is 1.44. The molecule has 0 aromatic heterocycles. The molecule has 0 rings (SSSR count). The highest BCUT2D eigenvalue weighted by atomic mass is 16.5. The number of hydrogen-bond acceptors (Lipinski definition) is 3. The Hall–Kier alpha value is -1.06. The minimum atomic E-state index is -0.878. The van der Waals surface area contributed by atoms with Gasteiger partial charge < -0.3 is 4.74 Å². The van der Waals surface area contributed by atoms with Crippen LogP contribution >= 0.6 is 0 Å². The van der Waals surface area contributed by atoms with Crippen LogP contribution in [0.4, 0.5) is 0 Å². The van der Waals surface area contributed by atoms with Crippen molar-refractivity contribution in [1.29, 1.82) is 0 Å². The zero-order valence-electron chi connectivity index (χ0n) is 5.14. The Morgan fingerprint density at radius 3 is 2.44 bits per heavy atom. The van der Waals surface area contributed by atoms with E-state index in [4.69, 9.17) is 5.73 Å². The van der Waals surface area contributed by atoms with Gasteiger partial charge in [0.05, 0.1) is 0 Å². The van der Waals surface area contributed by atoms with Crippen molar-refractivity contribution >= 4 is 11.9 Å². The highest BCUT2D eigenvalue weighted by Gasteiger charge is 1.99. The summed E-state index contributed by atoms with van der Waals surface area (Å²) < 4.78 is 4.28. The Morgan fingerprint density at radius 1 is 1.56 bits per heavy atom. The molecule has 1 radical (unpaired) electrons. The van der Waals surface area contributed by atoms with Gasteiger partial charge in [0, 0.05) is 6.42 Å². The predicted molar refractivity (Wildman–Crippen MR) is 29.4 cm³/mol. The normalized spacial score (nSPS) is 8.56. The summed E-state index contributed by atoms with van der Waals surface area (Å²) in [6.07, 6.45) is 0.243. The lowest BCUT2D eigenvalue weighted by atomic mass is 10.5. The molecule has 4 heteroatoms. The maximum Gasteiger partial charge on any atom is 0.306 e. The van der Waals surface area contributed by atoms with Crippen LogP contribution in [0.2, 0.25) is 0 Å². The van der Waals surface area contributed by atoms with Gasteiger partial charge in [-0.3, -0.25) is 15.3 Å². The van der Waals surface area contributed by atoms with Crippen LogP contribution in [-0.2, 0) is 14.3 Å². The average molecular weight is 130 g/mol. The zero-order valence-corrected chi connectivity index (χ0v) is 5.14. The fraction of sp³-hybridized carbons (Fsp3) is 0.600. The van der Waals surface area contributed by atoms with Crippen molar-refractivity contribution < 1.29 is 14.3 Å². The van der Waals surface area contributed by atoms with E-state index in [0.717, 1.165) is 0 Å². The SMILES string of the molecule is CCC(=O)OCC([NH])=O. The molecule has 0 aromatic carbocycles. The summed E-state index contributed by atoms with van der Waals surface area (Å²) in [5.74, 6) is -1.33. The Morgan fingerprint density at radius 2 is 2.11 bits per heavy atom. The Bertz CT molecular complexity index is 121. The first-order chi connectivity index (χ1) is 4.16. The lowest BCUT2D eigenvalue weighted by Gasteiger charge is -1.95. The quantitative estimate of drug-likeness (QED) is 0.494. The molecule has 0 saturated carbocycles. The number of rotatable bonds is 3. The highest BCUT2D eigenvalue weighted by Crippen LogP contribution is 1.82. The van der Waals surface area contributed by atoms with E-state index in [1.807, 2.05) is 0 Å². The monoisotopic (exact) mass is 130 g/mol. The molecule has 0 heterocycles. The largest absolute Gasteiger partial charge is 0.456 e. The second-order valence-electron chi connectivity index (χ2n) is 1.44. The molecular formula is C5H8NO3. The second kappa shape index (κ2) is 3.88. The standard InChI is InChI=1S/C5H8NO3/c1-2-5(8)9-3-4(6)7/h6H,2-3H2,1H3. The number of ether oxygens (including phenoxy) is 1. The van der Waals surface area contributed by atoms with Crippen LogP contribution in [0, 0.1) is 0 Å². The molecule has 0 spiro atoms. The van der Waals surface area contributed by atoms with Crippen molar-refractivity contribution in [3.63, 3.8) is 0 Å². The Labute approximate surface area is 53.0 Å². The van der Waals surface area contributed by atoms with Crippen LogP contribution < -0.4 is 5.73 Å². The van der Waals surface area contributed by atoms with Gasteiger partial charge in [0.2, 0.25) is 0 Å². The van der Waals surface area contributed by atoms with Crippen LogP contribution in [-0.4, -0.2) is 18.5 Å². The minimum absolute atomic E-state index is 0.243. The van der Waals surface area contributed by atoms with Crippen LogP contribution in [0.3, 0.4) is 0 Å². The van der Waals surface area contributed by atoms with Gasteiger partial charge in [-0.25, -0.2) is 0 Å². The van der Waals surface area contributed by atoms with E-state index < -0.39 is 18.5 Å². The minimum Gasteiger partial charge on any atom is -0.456 e. The summed E-state index contributed by atoms with van der Waals surface area (Å²) in [6.45, 7) is 1.20. The number of carbonyl (C=O) groups is 2. The summed E-state index contributed by atoms with van der Waals surface area (Å²) in [5, 5.41) is 0. The van der Waals surface area contributed by atoms with Crippen molar-refractivity contribution in [2.45, 2.75) is 13.3 Å². The fourth-order valence-electron chi connectivity index (χ4n) is 0.248. The molecule has 0 saturated heterocycles. The van der Waals surface area contributed by atoms with Crippen molar-refractivity contribution in [2.75, 3.05) is 6.61 Å². The third kappa shape index (κ3) is 4.80. The van der Waals surface area contributed by atoms with Crippen molar-refractivity contribution in [3.8, 4) is 0 Å². The van der Waals surface area contributed by atoms with Gasteiger partial charge in [-0.2, -0.15) is 0 Å². The number of hydrogen-bond donors (Lipinski definition) is 0. The molecule has 0 atom stereocenters. The molecule has 1 amide bonds. The molecule has 51 valence electrons. The van der Waals surface area contributed by atoms with Gasteiger partial charge in [-0.1, -0.05) is 6.92 Å². The molecule has 9 heavy (non-hydrogen) atoms. The van der Waals surface area contributed by atoms with Crippen molar-refractivity contribution in [2.24, 2.45) is 0 Å². The fourth-order valence-corrected chi connectivity index (χ4v) is 0.248. The topological polar surface area (TPSA) is 67.2 Å². The molecule has 1 N–H and O–H groups in total. The van der Waals surface area contributed by atoms with Gasteiger partial charge in [-0.05, 0) is 0 Å². The molecule has 0 fully saturated rings. The molecule has 0 unspecified atom stereocenters. The van der Waals surface area contributed by atoms with Crippen LogP contribution in [0.25, 0.3) is 0 Å². The third-order valence-electron chi connectivity index (χ3n) is 0.653. The molecular weight excluding hydrogens is 122 g/mol. The number of carbonyl (C=O) groups excluding carboxylic acids is 2. The van der Waals surface area contributed by atoms with Gasteiger partial charge in [0.25, 0.3) is 5.91 Å². The average Bonchev–Trinajstić information content (AvgIpc) is 1.83. The molecule has 0 aliphatic heterocycles. The van der Waals surface area contributed by atoms with Gasteiger partial charge in [0.1, 0.15) is 0 Å². The first-order valence-corrected chi connectivity index (χ1v) is 2.57. The Kier molecular flexibility index (Phi) is 3.43. The van der Waals surface area contributed by atoms with E-state index in [1.165, 1.54) is 0 Å². The van der Waals surface area contributed by atoms with Crippen LogP contribution in [0.1, 0.15) is 13.3 Å². The first kappa shape index (κ1) is 7.94. The van der Waals surface area contributed by atoms with Gasteiger partial charge >= 0.3 is 5.97 Å². The predicted octanol–water partition coefficient (Wildman–Crippen LogP) is -0.251. The van der Waals surface area contributed by atoms with Crippen LogP contribution in [0.15, 0.2) is 0 Å². The number of nitrogens with one attached hydrogen (secondary N) is 1. The zero-order chi connectivity index (χ0) is 7.28. The molecule has 0 aromatic rings. The summed E-state index contributed by atoms with van der Waals surface area (Å²) in [5.41, 5.74) is 6.33. The van der Waals surface area contributed by atoms with E-state index in [2.05, 4.69) is 4.74 Å². The van der Waals surface area contributed by atoms with E-state index in [1.54, 1.807) is 6.92 Å². The smallest absolute Gasteiger partial charge is 0.306 e. The maximum atomic E-state index is 10.3. The van der Waals surface area contributed by atoms with Crippen molar-refractivity contribution in [3.05, 3.63) is 0 Å². The van der Waals surface area contributed by atoms with Crippen LogP contribution in [0.5, 0.6) is 0 Å².